The van der Waals surface area contributed by atoms with Crippen molar-refractivity contribution in [1.82, 2.24) is 15.2 Å². The summed E-state index contributed by atoms with van der Waals surface area (Å²) in [6, 6.07) is 18.4. The number of amides is 1. The van der Waals surface area contributed by atoms with Gasteiger partial charge in [0.2, 0.25) is 5.91 Å². The van der Waals surface area contributed by atoms with Gasteiger partial charge in [0, 0.05) is 46.7 Å². The molecule has 5 nitrogen and oxygen atoms in total. The highest BCUT2D eigenvalue weighted by molar-refractivity contribution is 6.31. The Balaban J connectivity index is 1.73. The molecule has 0 spiro atoms. The lowest BCUT2D eigenvalue weighted by molar-refractivity contribution is -0.122. The van der Waals surface area contributed by atoms with Crippen LogP contribution in [0.15, 0.2) is 48.5 Å². The molecule has 2 heterocycles. The number of rotatable bonds is 5. The first-order valence-corrected chi connectivity index (χ1v) is 10.2. The van der Waals surface area contributed by atoms with Crippen LogP contribution in [0.3, 0.4) is 0 Å². The quantitative estimate of drug-likeness (QED) is 0.618. The van der Waals surface area contributed by atoms with E-state index in [0.29, 0.717) is 19.5 Å². The lowest BCUT2D eigenvalue weighted by Crippen LogP contribution is -2.43. The van der Waals surface area contributed by atoms with Gasteiger partial charge in [0.05, 0.1) is 19.0 Å². The van der Waals surface area contributed by atoms with E-state index in [1.54, 1.807) is 0 Å². The van der Waals surface area contributed by atoms with Crippen molar-refractivity contribution in [3.63, 3.8) is 0 Å². The summed E-state index contributed by atoms with van der Waals surface area (Å²) in [7, 11) is 0. The first-order valence-electron chi connectivity index (χ1n) is 9.82. The van der Waals surface area contributed by atoms with Gasteiger partial charge in [-0.1, -0.05) is 48.0 Å². The second kappa shape index (κ2) is 8.28. The largest absolute Gasteiger partial charge is 0.357 e. The van der Waals surface area contributed by atoms with Gasteiger partial charge in [0.15, 0.2) is 0 Å². The molecule has 1 amide bonds. The maximum absolute atomic E-state index is 12.4. The van der Waals surface area contributed by atoms with E-state index in [0.717, 1.165) is 21.8 Å². The van der Waals surface area contributed by atoms with Gasteiger partial charge in [0.1, 0.15) is 0 Å². The highest BCUT2D eigenvalue weighted by Crippen LogP contribution is 2.44. The van der Waals surface area contributed by atoms with Gasteiger partial charge in [-0.05, 0) is 30.2 Å². The minimum absolute atomic E-state index is 0.0652. The van der Waals surface area contributed by atoms with Crippen molar-refractivity contribution in [2.75, 3.05) is 19.6 Å². The van der Waals surface area contributed by atoms with E-state index in [1.807, 2.05) is 24.3 Å². The average Bonchev–Trinajstić information content (AvgIpc) is 3.11. The predicted molar refractivity (Wildman–Crippen MR) is 115 cm³/mol. The molecule has 29 heavy (non-hydrogen) atoms. The zero-order valence-electron chi connectivity index (χ0n) is 16.3. The van der Waals surface area contributed by atoms with Crippen LogP contribution in [-0.2, 0) is 4.79 Å². The van der Waals surface area contributed by atoms with Crippen molar-refractivity contribution in [3.05, 3.63) is 70.4 Å². The average molecular weight is 407 g/mol. The van der Waals surface area contributed by atoms with Crippen LogP contribution >= 0.6 is 11.6 Å². The summed E-state index contributed by atoms with van der Waals surface area (Å²) in [4.78, 5) is 18.2. The van der Waals surface area contributed by atoms with Crippen molar-refractivity contribution < 1.29 is 4.79 Å². The monoisotopic (exact) mass is 406 g/mol. The third-order valence-corrected chi connectivity index (χ3v) is 6.04. The maximum atomic E-state index is 12.4. The number of hydrogen-bond donors (Lipinski definition) is 2. The van der Waals surface area contributed by atoms with Crippen LogP contribution in [0.25, 0.3) is 10.9 Å². The molecule has 0 saturated carbocycles. The third kappa shape index (κ3) is 3.74. The first kappa shape index (κ1) is 19.5. The molecule has 4 rings (SSSR count). The van der Waals surface area contributed by atoms with Crippen LogP contribution in [0.1, 0.15) is 42.1 Å². The number of carbonyl (C=O) groups is 1. The van der Waals surface area contributed by atoms with E-state index >= 15 is 0 Å². The summed E-state index contributed by atoms with van der Waals surface area (Å²) in [5.74, 6) is 0.00234. The van der Waals surface area contributed by atoms with Gasteiger partial charge in [-0.25, -0.2) is 0 Å². The van der Waals surface area contributed by atoms with E-state index in [1.165, 1.54) is 10.9 Å². The number of para-hydroxylation sites is 1. The maximum Gasteiger partial charge on any atom is 0.234 e. The van der Waals surface area contributed by atoms with Crippen molar-refractivity contribution >= 4 is 28.4 Å². The number of nitrogens with one attached hydrogen (secondary N) is 2. The van der Waals surface area contributed by atoms with Crippen molar-refractivity contribution in [2.24, 2.45) is 0 Å². The Morgan fingerprint density at radius 3 is 2.83 bits per heavy atom. The van der Waals surface area contributed by atoms with E-state index in [2.05, 4.69) is 52.5 Å². The Morgan fingerprint density at radius 2 is 2.03 bits per heavy atom. The van der Waals surface area contributed by atoms with Gasteiger partial charge >= 0.3 is 0 Å². The molecule has 0 bridgehead atoms. The molecule has 0 radical (unpaired) electrons. The lowest BCUT2D eigenvalue weighted by Gasteiger charge is -2.38. The molecule has 1 aliphatic rings. The molecule has 0 fully saturated rings. The fourth-order valence-corrected chi connectivity index (χ4v) is 4.53. The number of fused-ring (bicyclic) bond motifs is 3. The van der Waals surface area contributed by atoms with Crippen LogP contribution < -0.4 is 5.32 Å². The van der Waals surface area contributed by atoms with Crippen LogP contribution in [0.4, 0.5) is 0 Å². The molecule has 2 aromatic carbocycles. The Labute approximate surface area is 175 Å². The number of H-pyrrole nitrogens is 1. The summed E-state index contributed by atoms with van der Waals surface area (Å²) >= 11 is 6.58. The fourth-order valence-electron chi connectivity index (χ4n) is 4.27. The van der Waals surface area contributed by atoms with Crippen LogP contribution in [-0.4, -0.2) is 35.4 Å². The number of halogens is 1. The smallest absolute Gasteiger partial charge is 0.234 e. The number of aromatic nitrogens is 1. The number of hydrogen-bond acceptors (Lipinski definition) is 3. The zero-order chi connectivity index (χ0) is 20.4. The number of benzene rings is 2. The summed E-state index contributed by atoms with van der Waals surface area (Å²) < 4.78 is 0. The fraction of sp³-hybridized carbons (Fsp3) is 0.304. The molecule has 3 aromatic rings. The van der Waals surface area contributed by atoms with Crippen LogP contribution in [0, 0.1) is 11.3 Å². The minimum Gasteiger partial charge on any atom is -0.357 e. The van der Waals surface area contributed by atoms with E-state index < -0.39 is 0 Å². The normalized spacial score (nSPS) is 18.9. The van der Waals surface area contributed by atoms with Gasteiger partial charge in [-0.2, -0.15) is 5.26 Å². The summed E-state index contributed by atoms with van der Waals surface area (Å²) in [5, 5.41) is 13.5. The topological polar surface area (TPSA) is 71.9 Å². The van der Waals surface area contributed by atoms with Gasteiger partial charge in [-0.3, -0.25) is 9.69 Å². The SMILES string of the molecule is C[C@@H]1c2[nH]c3ccccc3c2[C@H](c2ccccc2Cl)CN1CC(=O)NCCC#N. The Morgan fingerprint density at radius 1 is 1.28 bits per heavy atom. The highest BCUT2D eigenvalue weighted by atomic mass is 35.5. The third-order valence-electron chi connectivity index (χ3n) is 5.69. The van der Waals surface area contributed by atoms with Gasteiger partial charge in [-0.15, -0.1) is 0 Å². The molecule has 2 N–H and O–H groups in total. The highest BCUT2D eigenvalue weighted by Gasteiger charge is 2.36. The molecule has 0 unspecified atom stereocenters. The number of nitrogens with zero attached hydrogens (tertiary/aromatic N) is 2. The van der Waals surface area contributed by atoms with E-state index in [-0.39, 0.29) is 24.4 Å². The Bertz CT molecular complexity index is 1080. The molecular weight excluding hydrogens is 384 g/mol. The summed E-state index contributed by atoms with van der Waals surface area (Å²) in [5.41, 5.74) is 4.57. The molecule has 6 heteroatoms. The lowest BCUT2D eigenvalue weighted by atomic mass is 9.83. The van der Waals surface area contributed by atoms with Gasteiger partial charge < -0.3 is 10.3 Å². The second-order valence-corrected chi connectivity index (χ2v) is 7.84. The second-order valence-electron chi connectivity index (χ2n) is 7.44. The Hall–Kier alpha value is -2.81. The van der Waals surface area contributed by atoms with Crippen LogP contribution in [0.5, 0.6) is 0 Å². The molecule has 0 aliphatic carbocycles. The van der Waals surface area contributed by atoms with Crippen molar-refractivity contribution in [2.45, 2.75) is 25.3 Å². The Kier molecular flexibility index (Phi) is 5.57. The molecular formula is C23H23ClN4O. The van der Waals surface area contributed by atoms with Crippen molar-refractivity contribution in [1.29, 1.82) is 5.26 Å². The number of carbonyl (C=O) groups excluding carboxylic acids is 1. The number of nitriles is 1. The zero-order valence-corrected chi connectivity index (χ0v) is 17.0. The minimum atomic E-state index is -0.0652. The molecule has 0 saturated heterocycles. The molecule has 2 atom stereocenters. The first-order chi connectivity index (χ1) is 14.1. The predicted octanol–water partition coefficient (Wildman–Crippen LogP) is 4.36. The molecule has 148 valence electrons. The van der Waals surface area contributed by atoms with E-state index in [4.69, 9.17) is 16.9 Å². The molecule has 1 aliphatic heterocycles. The standard InChI is InChI=1S/C23H23ClN4O/c1-15-23-22(17-8-3-5-10-20(17)27-23)18(16-7-2-4-9-19(16)24)13-28(15)14-21(29)26-12-6-11-25/h2-5,7-10,15,18,27H,6,12-14H2,1H3,(H,26,29)/t15-,18+/m1/s1. The van der Waals surface area contributed by atoms with Crippen LogP contribution in [0.2, 0.25) is 5.02 Å². The molecule has 1 aromatic heterocycles. The van der Waals surface area contributed by atoms with Crippen molar-refractivity contribution in [3.8, 4) is 6.07 Å². The summed E-state index contributed by atoms with van der Waals surface area (Å²) in [6.45, 7) is 3.48. The van der Waals surface area contributed by atoms with E-state index in [9.17, 15) is 4.79 Å². The number of aromatic amines is 1. The summed E-state index contributed by atoms with van der Waals surface area (Å²) in [6.07, 6.45) is 0.315. The van der Waals surface area contributed by atoms with Gasteiger partial charge in [0.25, 0.3) is 0 Å².